The molecule has 1 saturated heterocycles. The van der Waals surface area contributed by atoms with Gasteiger partial charge in [-0.3, -0.25) is 14.2 Å². The highest BCUT2D eigenvalue weighted by Crippen LogP contribution is 2.11. The minimum Gasteiger partial charge on any atom is -0.341 e. The summed E-state index contributed by atoms with van der Waals surface area (Å²) in [4.78, 5) is 30.0. The average Bonchev–Trinajstić information content (AvgIpc) is 2.96. The van der Waals surface area contributed by atoms with E-state index in [4.69, 9.17) is 0 Å². The minimum absolute atomic E-state index is 0.0101. The maximum Gasteiger partial charge on any atom is 0.269 e. The summed E-state index contributed by atoms with van der Waals surface area (Å²) in [6.45, 7) is 1.70. The number of aromatic nitrogens is 2. The van der Waals surface area contributed by atoms with Crippen molar-refractivity contribution in [3.63, 3.8) is 0 Å². The summed E-state index contributed by atoms with van der Waals surface area (Å²) in [5.74, 6) is 0.0101. The van der Waals surface area contributed by atoms with E-state index in [1.807, 2.05) is 29.2 Å². The number of amides is 1. The van der Waals surface area contributed by atoms with Crippen molar-refractivity contribution >= 4 is 16.9 Å². The van der Waals surface area contributed by atoms with E-state index in [9.17, 15) is 9.59 Å². The normalized spacial score (nSPS) is 15.1. The number of fused-ring (bicyclic) bond motifs is 1. The van der Waals surface area contributed by atoms with Crippen LogP contribution in [-0.4, -0.2) is 33.4 Å². The fourth-order valence-electron chi connectivity index (χ4n) is 2.48. The van der Waals surface area contributed by atoms with E-state index in [2.05, 4.69) is 4.98 Å². The molecule has 0 spiro atoms. The zero-order valence-electron chi connectivity index (χ0n) is 10.6. The molecule has 2 heterocycles. The van der Waals surface area contributed by atoms with Crippen molar-refractivity contribution in [2.24, 2.45) is 0 Å². The SMILES string of the molecule is O=C(Cn1c(=O)cnc2ccccc21)N1CCCC1. The maximum atomic E-state index is 12.2. The van der Waals surface area contributed by atoms with Gasteiger partial charge in [0.15, 0.2) is 0 Å². The van der Waals surface area contributed by atoms with Crippen LogP contribution in [0.2, 0.25) is 0 Å². The van der Waals surface area contributed by atoms with E-state index in [1.165, 1.54) is 10.8 Å². The number of para-hydroxylation sites is 2. The van der Waals surface area contributed by atoms with E-state index in [1.54, 1.807) is 0 Å². The molecule has 5 nitrogen and oxygen atoms in total. The lowest BCUT2D eigenvalue weighted by molar-refractivity contribution is -0.130. The molecule has 0 aliphatic carbocycles. The van der Waals surface area contributed by atoms with Crippen LogP contribution in [0.5, 0.6) is 0 Å². The lowest BCUT2D eigenvalue weighted by Gasteiger charge is -2.16. The van der Waals surface area contributed by atoms with E-state index >= 15 is 0 Å². The van der Waals surface area contributed by atoms with Crippen LogP contribution in [0.3, 0.4) is 0 Å². The topological polar surface area (TPSA) is 55.2 Å². The van der Waals surface area contributed by atoms with Crippen LogP contribution in [0, 0.1) is 0 Å². The second-order valence-electron chi connectivity index (χ2n) is 4.76. The largest absolute Gasteiger partial charge is 0.341 e. The first kappa shape index (κ1) is 11.9. The van der Waals surface area contributed by atoms with E-state index in [-0.39, 0.29) is 18.0 Å². The molecule has 19 heavy (non-hydrogen) atoms. The van der Waals surface area contributed by atoms with Gasteiger partial charge in [-0.15, -0.1) is 0 Å². The molecule has 1 fully saturated rings. The number of benzene rings is 1. The maximum absolute atomic E-state index is 12.2. The Labute approximate surface area is 110 Å². The first-order chi connectivity index (χ1) is 9.25. The Kier molecular flexibility index (Phi) is 3.03. The predicted octanol–water partition coefficient (Wildman–Crippen LogP) is 1.02. The zero-order valence-corrected chi connectivity index (χ0v) is 10.6. The van der Waals surface area contributed by atoms with Crippen LogP contribution < -0.4 is 5.56 Å². The lowest BCUT2D eigenvalue weighted by atomic mass is 10.3. The third-order valence-electron chi connectivity index (χ3n) is 3.50. The molecule has 1 aliphatic heterocycles. The average molecular weight is 257 g/mol. The third kappa shape index (κ3) is 2.23. The first-order valence-corrected chi connectivity index (χ1v) is 6.48. The Balaban J connectivity index is 1.97. The lowest BCUT2D eigenvalue weighted by Crippen LogP contribution is -2.34. The summed E-state index contributed by atoms with van der Waals surface area (Å²) in [6, 6.07) is 7.37. The van der Waals surface area contributed by atoms with Crippen LogP contribution in [0.4, 0.5) is 0 Å². The number of hydrogen-bond acceptors (Lipinski definition) is 3. The highest BCUT2D eigenvalue weighted by molar-refractivity contribution is 5.80. The summed E-state index contributed by atoms with van der Waals surface area (Å²) in [5.41, 5.74) is 1.21. The molecule has 5 heteroatoms. The number of carbonyl (C=O) groups excluding carboxylic acids is 1. The Bertz CT molecular complexity index is 672. The van der Waals surface area contributed by atoms with Gasteiger partial charge in [0.1, 0.15) is 6.54 Å². The van der Waals surface area contributed by atoms with Crippen molar-refractivity contribution in [1.82, 2.24) is 14.5 Å². The molecule has 1 aliphatic rings. The Morgan fingerprint density at radius 3 is 2.74 bits per heavy atom. The van der Waals surface area contributed by atoms with Gasteiger partial charge >= 0.3 is 0 Å². The van der Waals surface area contributed by atoms with Crippen molar-refractivity contribution in [2.45, 2.75) is 19.4 Å². The summed E-state index contributed by atoms with van der Waals surface area (Å²) < 4.78 is 1.50. The van der Waals surface area contributed by atoms with E-state index in [0.29, 0.717) is 5.52 Å². The molecule has 98 valence electrons. The third-order valence-corrected chi connectivity index (χ3v) is 3.50. The summed E-state index contributed by atoms with van der Waals surface area (Å²) in [5, 5.41) is 0. The van der Waals surface area contributed by atoms with Crippen molar-refractivity contribution in [2.75, 3.05) is 13.1 Å². The highest BCUT2D eigenvalue weighted by atomic mass is 16.2. The van der Waals surface area contributed by atoms with Crippen LogP contribution in [-0.2, 0) is 11.3 Å². The van der Waals surface area contributed by atoms with Gasteiger partial charge in [-0.25, -0.2) is 4.98 Å². The van der Waals surface area contributed by atoms with Crippen LogP contribution >= 0.6 is 0 Å². The molecule has 0 saturated carbocycles. The molecule has 0 atom stereocenters. The molecular weight excluding hydrogens is 242 g/mol. The fourth-order valence-corrected chi connectivity index (χ4v) is 2.48. The molecule has 0 N–H and O–H groups in total. The van der Waals surface area contributed by atoms with Gasteiger partial charge in [0.05, 0.1) is 17.2 Å². The molecule has 3 rings (SSSR count). The number of carbonyl (C=O) groups is 1. The smallest absolute Gasteiger partial charge is 0.269 e. The van der Waals surface area contributed by atoms with Gasteiger partial charge in [0.2, 0.25) is 5.91 Å². The standard InChI is InChI=1S/C14H15N3O2/c18-13-9-15-11-5-1-2-6-12(11)17(13)10-14(19)16-7-3-4-8-16/h1-2,5-6,9H,3-4,7-8,10H2. The Morgan fingerprint density at radius 2 is 1.95 bits per heavy atom. The molecule has 2 aromatic rings. The second-order valence-corrected chi connectivity index (χ2v) is 4.76. The molecule has 1 amide bonds. The monoisotopic (exact) mass is 257 g/mol. The fraction of sp³-hybridized carbons (Fsp3) is 0.357. The van der Waals surface area contributed by atoms with Gasteiger partial charge in [-0.05, 0) is 25.0 Å². The minimum atomic E-state index is -0.230. The van der Waals surface area contributed by atoms with Crippen molar-refractivity contribution in [3.05, 3.63) is 40.8 Å². The molecule has 1 aromatic carbocycles. The Hall–Kier alpha value is -2.17. The van der Waals surface area contributed by atoms with Gasteiger partial charge in [-0.1, -0.05) is 12.1 Å². The predicted molar refractivity (Wildman–Crippen MR) is 71.8 cm³/mol. The zero-order chi connectivity index (χ0) is 13.2. The van der Waals surface area contributed by atoms with Gasteiger partial charge < -0.3 is 4.90 Å². The number of hydrogen-bond donors (Lipinski definition) is 0. The number of likely N-dealkylation sites (tertiary alicyclic amines) is 1. The van der Waals surface area contributed by atoms with E-state index < -0.39 is 0 Å². The number of rotatable bonds is 2. The number of nitrogens with zero attached hydrogens (tertiary/aromatic N) is 3. The van der Waals surface area contributed by atoms with Gasteiger partial charge in [0, 0.05) is 13.1 Å². The summed E-state index contributed by atoms with van der Waals surface area (Å²) in [7, 11) is 0. The molecular formula is C14H15N3O2. The van der Waals surface area contributed by atoms with Crippen LogP contribution in [0.15, 0.2) is 35.3 Å². The van der Waals surface area contributed by atoms with Crippen LogP contribution in [0.1, 0.15) is 12.8 Å². The van der Waals surface area contributed by atoms with Gasteiger partial charge in [0.25, 0.3) is 5.56 Å². The summed E-state index contributed by atoms with van der Waals surface area (Å²) in [6.07, 6.45) is 3.38. The molecule has 0 radical (unpaired) electrons. The summed E-state index contributed by atoms with van der Waals surface area (Å²) >= 11 is 0. The molecule has 0 unspecified atom stereocenters. The van der Waals surface area contributed by atoms with Crippen molar-refractivity contribution in [1.29, 1.82) is 0 Å². The highest BCUT2D eigenvalue weighted by Gasteiger charge is 2.19. The molecule has 0 bridgehead atoms. The van der Waals surface area contributed by atoms with E-state index in [0.717, 1.165) is 31.4 Å². The molecule has 1 aromatic heterocycles. The Morgan fingerprint density at radius 1 is 1.21 bits per heavy atom. The van der Waals surface area contributed by atoms with Gasteiger partial charge in [-0.2, -0.15) is 0 Å². The quantitative estimate of drug-likeness (QED) is 0.807. The van der Waals surface area contributed by atoms with Crippen molar-refractivity contribution in [3.8, 4) is 0 Å². The van der Waals surface area contributed by atoms with Crippen LogP contribution in [0.25, 0.3) is 11.0 Å². The van der Waals surface area contributed by atoms with Crippen molar-refractivity contribution < 1.29 is 4.79 Å². The second kappa shape index (κ2) is 4.84. The first-order valence-electron chi connectivity index (χ1n) is 6.48.